The van der Waals surface area contributed by atoms with Gasteiger partial charge in [0, 0.05) is 0 Å². The molecule has 33 heavy (non-hydrogen) atoms. The minimum Gasteiger partial charge on any atom is -0.480 e. The number of hydrogen-bond donors (Lipinski definition) is 11. The van der Waals surface area contributed by atoms with E-state index in [-0.39, 0.29) is 0 Å². The highest BCUT2D eigenvalue weighted by Crippen LogP contribution is 2.25. The molecule has 1 fully saturated rings. The Morgan fingerprint density at radius 3 is 2.03 bits per heavy atom. The van der Waals surface area contributed by atoms with Crippen LogP contribution in [-0.4, -0.2) is 149 Å². The Kier molecular flexibility index (Phi) is 15.1. The Bertz CT molecular complexity index is 584. The maximum absolute atomic E-state index is 10.7. The van der Waals surface area contributed by atoms with Gasteiger partial charge >= 0.3 is 11.9 Å². The molecule has 0 aromatic carbocycles. The van der Waals surface area contributed by atoms with Gasteiger partial charge in [-0.1, -0.05) is 0 Å². The molecule has 15 nitrogen and oxygen atoms in total. The summed E-state index contributed by atoms with van der Waals surface area (Å²) in [4.78, 5) is 20.8. The summed E-state index contributed by atoms with van der Waals surface area (Å²) in [6.07, 6.45) is -14.5. The number of rotatable bonds is 12. The Hall–Kier alpha value is -1.15. The average Bonchev–Trinajstić information content (AvgIpc) is 2.79. The van der Waals surface area contributed by atoms with Gasteiger partial charge in [0.05, 0.1) is 13.2 Å². The third kappa shape index (κ3) is 9.93. The first kappa shape index (κ1) is 31.9. The van der Waals surface area contributed by atoms with Gasteiger partial charge in [0.25, 0.3) is 0 Å². The van der Waals surface area contributed by atoms with Crippen LogP contribution >= 0.6 is 11.8 Å². The summed E-state index contributed by atoms with van der Waals surface area (Å²) in [5, 5.41) is 92.8. The van der Waals surface area contributed by atoms with Gasteiger partial charge in [-0.3, -0.25) is 4.79 Å². The van der Waals surface area contributed by atoms with Crippen molar-refractivity contribution in [1.29, 1.82) is 0 Å². The molecule has 1 rings (SSSR count). The second-order valence-electron chi connectivity index (χ2n) is 7.05. The van der Waals surface area contributed by atoms with Crippen LogP contribution in [0.5, 0.6) is 0 Å². The molecule has 0 radical (unpaired) electrons. The molecule has 0 amide bonds. The predicted octanol–water partition coefficient (Wildman–Crippen LogP) is -5.52. The molecule has 0 aliphatic carbocycles. The van der Waals surface area contributed by atoms with E-state index in [0.717, 1.165) is 5.75 Å². The zero-order valence-corrected chi connectivity index (χ0v) is 18.5. The third-order valence-electron chi connectivity index (χ3n) is 4.57. The van der Waals surface area contributed by atoms with E-state index in [1.807, 2.05) is 6.26 Å². The molecule has 16 heteroatoms. The van der Waals surface area contributed by atoms with Crippen LogP contribution in [0.2, 0.25) is 0 Å². The molecule has 1 heterocycles. The van der Waals surface area contributed by atoms with Gasteiger partial charge in [0.15, 0.2) is 12.4 Å². The predicted molar refractivity (Wildman–Crippen MR) is 110 cm³/mol. The second kappa shape index (κ2) is 15.7. The SMILES string of the molecule is CSCCC(N)C(=O)O.O=C(O)[C@H](O)[C@@H](O)[C@H](O[C@@H]1O[C@H](CO)[C@H](O)[C@H](O)[C@H]1O)[C@H](O)CO. The van der Waals surface area contributed by atoms with Gasteiger partial charge in [0.2, 0.25) is 0 Å². The van der Waals surface area contributed by atoms with Crippen molar-refractivity contribution in [2.45, 2.75) is 67.6 Å². The second-order valence-corrected chi connectivity index (χ2v) is 8.03. The van der Waals surface area contributed by atoms with Crippen molar-refractivity contribution >= 4 is 23.7 Å². The van der Waals surface area contributed by atoms with Crippen molar-refractivity contribution in [2.75, 3.05) is 25.2 Å². The fourth-order valence-corrected chi connectivity index (χ4v) is 3.02. The number of carboxylic acid groups (broad SMARTS) is 2. The molecule has 0 bridgehead atoms. The summed E-state index contributed by atoms with van der Waals surface area (Å²) < 4.78 is 9.98. The maximum atomic E-state index is 10.7. The van der Waals surface area contributed by atoms with Crippen molar-refractivity contribution in [1.82, 2.24) is 0 Å². The lowest BCUT2D eigenvalue weighted by Gasteiger charge is -2.42. The first-order valence-electron chi connectivity index (χ1n) is 9.65. The standard InChI is InChI=1S/C12H22O12.C5H11NO2S/c13-1-3(15)10(7(18)8(19)11(21)22)24-12-9(20)6(17)5(16)4(2-14)23-12;1-9-3-2-4(6)5(7)8/h3-10,12-20H,1-2H2,(H,21,22);4H,2-3,6H2,1H3,(H,7,8)/t3-,4-,5+,6+,7-,8-,9-,10-,12+;/m1./s1. The zero-order valence-electron chi connectivity index (χ0n) is 17.7. The number of aliphatic hydroxyl groups excluding tert-OH is 8. The van der Waals surface area contributed by atoms with Gasteiger partial charge in [-0.05, 0) is 18.4 Å². The van der Waals surface area contributed by atoms with E-state index in [4.69, 9.17) is 35.6 Å². The smallest absolute Gasteiger partial charge is 0.335 e. The van der Waals surface area contributed by atoms with E-state index in [9.17, 15) is 40.2 Å². The lowest BCUT2D eigenvalue weighted by atomic mass is 9.98. The number of thioether (sulfide) groups is 1. The highest BCUT2D eigenvalue weighted by molar-refractivity contribution is 7.98. The van der Waals surface area contributed by atoms with E-state index in [2.05, 4.69) is 0 Å². The molecular weight excluding hydrogens is 474 g/mol. The van der Waals surface area contributed by atoms with Crippen LogP contribution in [0, 0.1) is 0 Å². The highest BCUT2D eigenvalue weighted by atomic mass is 32.2. The van der Waals surface area contributed by atoms with Crippen LogP contribution in [-0.2, 0) is 19.1 Å². The van der Waals surface area contributed by atoms with Gasteiger partial charge in [-0.2, -0.15) is 11.8 Å². The van der Waals surface area contributed by atoms with E-state index in [0.29, 0.717) is 6.42 Å². The summed E-state index contributed by atoms with van der Waals surface area (Å²) in [6, 6.07) is -0.683. The van der Waals surface area contributed by atoms with Crippen LogP contribution in [0.15, 0.2) is 0 Å². The topological polar surface area (TPSA) is 281 Å². The van der Waals surface area contributed by atoms with Gasteiger partial charge in [-0.25, -0.2) is 4.79 Å². The fraction of sp³-hybridized carbons (Fsp3) is 0.882. The molecule has 1 unspecified atom stereocenters. The van der Waals surface area contributed by atoms with E-state index >= 15 is 0 Å². The fourth-order valence-electron chi connectivity index (χ4n) is 2.53. The number of aliphatic hydroxyl groups is 8. The van der Waals surface area contributed by atoms with Gasteiger partial charge in [0.1, 0.15) is 48.8 Å². The largest absolute Gasteiger partial charge is 0.480 e. The van der Waals surface area contributed by atoms with Crippen molar-refractivity contribution in [3.8, 4) is 0 Å². The van der Waals surface area contributed by atoms with Crippen LogP contribution in [0.4, 0.5) is 0 Å². The van der Waals surface area contributed by atoms with E-state index in [1.165, 1.54) is 0 Å². The minimum absolute atomic E-state index is 0.552. The minimum atomic E-state index is -2.39. The van der Waals surface area contributed by atoms with Crippen molar-refractivity contribution in [3.05, 3.63) is 0 Å². The quantitative estimate of drug-likeness (QED) is 0.117. The molecular formula is C17H33NO14S. The normalized spacial score (nSPS) is 29.7. The van der Waals surface area contributed by atoms with E-state index < -0.39 is 86.3 Å². The summed E-state index contributed by atoms with van der Waals surface area (Å²) in [6.45, 7) is -1.76. The van der Waals surface area contributed by atoms with Crippen LogP contribution in [0.3, 0.4) is 0 Å². The van der Waals surface area contributed by atoms with Gasteiger partial charge in [-0.15, -0.1) is 0 Å². The highest BCUT2D eigenvalue weighted by Gasteiger charge is 2.47. The molecule has 10 atom stereocenters. The first-order valence-corrected chi connectivity index (χ1v) is 11.0. The number of hydrogen-bond acceptors (Lipinski definition) is 14. The number of carboxylic acids is 2. The Morgan fingerprint density at radius 2 is 1.61 bits per heavy atom. The molecule has 1 aliphatic rings. The number of ether oxygens (including phenoxy) is 2. The Labute approximate surface area is 193 Å². The molecule has 0 spiro atoms. The van der Waals surface area contributed by atoms with E-state index in [1.54, 1.807) is 11.8 Å². The van der Waals surface area contributed by atoms with Crippen LogP contribution < -0.4 is 5.73 Å². The summed E-state index contributed by atoms with van der Waals surface area (Å²) >= 11 is 1.60. The van der Waals surface area contributed by atoms with Gasteiger partial charge < -0.3 is 66.3 Å². The Balaban J connectivity index is 0.000000960. The summed E-state index contributed by atoms with van der Waals surface area (Å²) in [5.41, 5.74) is 5.19. The summed E-state index contributed by atoms with van der Waals surface area (Å²) in [5.74, 6) is -1.94. The lowest BCUT2D eigenvalue weighted by Crippen LogP contribution is -2.61. The monoisotopic (exact) mass is 507 g/mol. The maximum Gasteiger partial charge on any atom is 0.335 e. The lowest BCUT2D eigenvalue weighted by molar-refractivity contribution is -0.326. The number of carbonyl (C=O) groups is 2. The Morgan fingerprint density at radius 1 is 1.03 bits per heavy atom. The molecule has 0 aromatic rings. The summed E-state index contributed by atoms with van der Waals surface area (Å²) in [7, 11) is 0. The van der Waals surface area contributed by atoms with Crippen LogP contribution in [0.1, 0.15) is 6.42 Å². The van der Waals surface area contributed by atoms with Crippen molar-refractivity contribution in [2.24, 2.45) is 5.73 Å². The average molecular weight is 508 g/mol. The third-order valence-corrected chi connectivity index (χ3v) is 5.21. The molecule has 0 aromatic heterocycles. The zero-order chi connectivity index (χ0) is 25.9. The molecule has 12 N–H and O–H groups in total. The number of aliphatic carboxylic acids is 2. The molecule has 1 aliphatic heterocycles. The molecule has 196 valence electrons. The van der Waals surface area contributed by atoms with Crippen molar-refractivity contribution < 1.29 is 70.1 Å². The number of nitrogens with two attached hydrogens (primary N) is 1. The van der Waals surface area contributed by atoms with Crippen LogP contribution in [0.25, 0.3) is 0 Å². The molecule has 0 saturated carbocycles. The van der Waals surface area contributed by atoms with Crippen molar-refractivity contribution in [3.63, 3.8) is 0 Å². The first-order chi connectivity index (χ1) is 15.3. The molecule has 1 saturated heterocycles.